The van der Waals surface area contributed by atoms with Gasteiger partial charge in [-0.05, 0) is 24.6 Å². The third-order valence-corrected chi connectivity index (χ3v) is 2.84. The molecule has 0 aliphatic carbocycles. The minimum Gasteiger partial charge on any atom is -0.386 e. The predicted molar refractivity (Wildman–Crippen MR) is 62.9 cm³/mol. The van der Waals surface area contributed by atoms with Crippen LogP contribution in [0.1, 0.15) is 24.3 Å². The van der Waals surface area contributed by atoms with Crippen LogP contribution in [-0.2, 0) is 13.0 Å². The molecule has 0 spiro atoms. The molecule has 0 aliphatic heterocycles. The lowest BCUT2D eigenvalue weighted by atomic mass is 10.1. The first-order valence-electron chi connectivity index (χ1n) is 5.73. The summed E-state index contributed by atoms with van der Waals surface area (Å²) in [6.07, 6.45) is 2.65. The van der Waals surface area contributed by atoms with Crippen molar-refractivity contribution in [3.8, 4) is 0 Å². The Balaban J connectivity index is 2.16. The molecule has 0 aliphatic rings. The van der Waals surface area contributed by atoms with Crippen LogP contribution in [0.5, 0.6) is 0 Å². The van der Waals surface area contributed by atoms with Crippen molar-refractivity contribution in [3.63, 3.8) is 0 Å². The second kappa shape index (κ2) is 5.27. The van der Waals surface area contributed by atoms with Crippen molar-refractivity contribution in [2.75, 3.05) is 0 Å². The van der Waals surface area contributed by atoms with Gasteiger partial charge in [-0.3, -0.25) is 0 Å². The molecule has 2 aromatic rings. The Morgan fingerprint density at radius 1 is 1.33 bits per heavy atom. The Morgan fingerprint density at radius 2 is 2.11 bits per heavy atom. The lowest BCUT2D eigenvalue weighted by Gasteiger charge is -2.12. The summed E-state index contributed by atoms with van der Waals surface area (Å²) in [6.45, 7) is 2.64. The number of hydrogen-bond acceptors (Lipinski definition) is 2. The zero-order valence-electron chi connectivity index (χ0n) is 9.98. The van der Waals surface area contributed by atoms with Crippen LogP contribution >= 0.6 is 0 Å². The predicted octanol–water partition coefficient (Wildman–Crippen LogP) is 2.46. The molecular formula is C13H14F2N2O. The maximum absolute atomic E-state index is 13.0. The highest BCUT2D eigenvalue weighted by Gasteiger charge is 2.14. The molecular weight excluding hydrogens is 238 g/mol. The number of aryl methyl sites for hydroxylation is 1. The van der Waals surface area contributed by atoms with Crippen LogP contribution in [0.4, 0.5) is 8.78 Å². The first-order chi connectivity index (χ1) is 8.61. The Bertz CT molecular complexity index is 540. The van der Waals surface area contributed by atoms with E-state index in [4.69, 9.17) is 0 Å². The van der Waals surface area contributed by atoms with Crippen LogP contribution in [-0.4, -0.2) is 14.7 Å². The second-order valence-corrected chi connectivity index (χ2v) is 4.07. The third-order valence-electron chi connectivity index (χ3n) is 2.84. The molecule has 1 atom stereocenters. The summed E-state index contributed by atoms with van der Waals surface area (Å²) < 4.78 is 27.6. The lowest BCUT2D eigenvalue weighted by molar-refractivity contribution is 0.169. The molecule has 3 nitrogen and oxygen atoms in total. The summed E-state index contributed by atoms with van der Waals surface area (Å²) in [5.41, 5.74) is 1.22. The molecule has 5 heteroatoms. The van der Waals surface area contributed by atoms with Crippen LogP contribution in [0.15, 0.2) is 30.7 Å². The van der Waals surface area contributed by atoms with E-state index in [9.17, 15) is 13.9 Å². The molecule has 0 bridgehead atoms. The SMILES string of the molecule is CCn1cncc1C(O)Cc1ccc(F)c(F)c1. The molecule has 0 amide bonds. The van der Waals surface area contributed by atoms with Crippen LogP contribution in [0.3, 0.4) is 0 Å². The van der Waals surface area contributed by atoms with E-state index >= 15 is 0 Å². The fraction of sp³-hybridized carbons (Fsp3) is 0.308. The van der Waals surface area contributed by atoms with Crippen LogP contribution in [0.25, 0.3) is 0 Å². The monoisotopic (exact) mass is 252 g/mol. The number of hydrogen-bond donors (Lipinski definition) is 1. The van der Waals surface area contributed by atoms with E-state index in [0.717, 1.165) is 12.1 Å². The number of rotatable bonds is 4. The van der Waals surface area contributed by atoms with Crippen molar-refractivity contribution >= 4 is 0 Å². The zero-order chi connectivity index (χ0) is 13.1. The number of aromatic nitrogens is 2. The number of imidazole rings is 1. The molecule has 1 aromatic heterocycles. The van der Waals surface area contributed by atoms with Crippen molar-refractivity contribution in [3.05, 3.63) is 53.6 Å². The normalized spacial score (nSPS) is 12.7. The Morgan fingerprint density at radius 3 is 2.78 bits per heavy atom. The second-order valence-electron chi connectivity index (χ2n) is 4.07. The van der Waals surface area contributed by atoms with E-state index in [1.54, 1.807) is 12.5 Å². The van der Waals surface area contributed by atoms with E-state index in [2.05, 4.69) is 4.98 Å². The van der Waals surface area contributed by atoms with Gasteiger partial charge in [-0.25, -0.2) is 13.8 Å². The lowest BCUT2D eigenvalue weighted by Crippen LogP contribution is -2.08. The summed E-state index contributed by atoms with van der Waals surface area (Å²) in [5, 5.41) is 10.1. The van der Waals surface area contributed by atoms with Crippen LogP contribution in [0, 0.1) is 11.6 Å². The molecule has 2 rings (SSSR count). The molecule has 0 saturated carbocycles. The first kappa shape index (κ1) is 12.7. The first-order valence-corrected chi connectivity index (χ1v) is 5.73. The molecule has 0 saturated heterocycles. The highest BCUT2D eigenvalue weighted by molar-refractivity contribution is 5.20. The maximum Gasteiger partial charge on any atom is 0.159 e. The topological polar surface area (TPSA) is 38.0 Å². The molecule has 96 valence electrons. The van der Waals surface area contributed by atoms with Gasteiger partial charge in [0.2, 0.25) is 0 Å². The molecule has 1 unspecified atom stereocenters. The summed E-state index contributed by atoms with van der Waals surface area (Å²) in [5.74, 6) is -1.78. The van der Waals surface area contributed by atoms with Gasteiger partial charge in [-0.1, -0.05) is 6.07 Å². The molecule has 0 radical (unpaired) electrons. The van der Waals surface area contributed by atoms with Gasteiger partial charge < -0.3 is 9.67 Å². The summed E-state index contributed by atoms with van der Waals surface area (Å²) >= 11 is 0. The van der Waals surface area contributed by atoms with Crippen LogP contribution < -0.4 is 0 Å². The van der Waals surface area contributed by atoms with E-state index in [-0.39, 0.29) is 6.42 Å². The largest absolute Gasteiger partial charge is 0.386 e. The molecule has 1 N–H and O–H groups in total. The van der Waals surface area contributed by atoms with Gasteiger partial charge in [-0.15, -0.1) is 0 Å². The number of nitrogens with zero attached hydrogens (tertiary/aromatic N) is 2. The van der Waals surface area contributed by atoms with Crippen molar-refractivity contribution in [2.24, 2.45) is 0 Å². The summed E-state index contributed by atoms with van der Waals surface area (Å²) in [4.78, 5) is 3.96. The van der Waals surface area contributed by atoms with Crippen molar-refractivity contribution in [1.82, 2.24) is 9.55 Å². The smallest absolute Gasteiger partial charge is 0.159 e. The van der Waals surface area contributed by atoms with Gasteiger partial charge in [0.15, 0.2) is 11.6 Å². The standard InChI is InChI=1S/C13H14F2N2O/c1-2-17-8-16-7-12(17)13(18)6-9-3-4-10(14)11(15)5-9/h3-5,7-8,13,18H,2,6H2,1H3. The van der Waals surface area contributed by atoms with E-state index in [0.29, 0.717) is 17.8 Å². The zero-order valence-corrected chi connectivity index (χ0v) is 9.98. The van der Waals surface area contributed by atoms with Gasteiger partial charge >= 0.3 is 0 Å². The number of aliphatic hydroxyl groups is 1. The highest BCUT2D eigenvalue weighted by atomic mass is 19.2. The Labute approximate surface area is 104 Å². The fourth-order valence-corrected chi connectivity index (χ4v) is 1.87. The fourth-order valence-electron chi connectivity index (χ4n) is 1.87. The minimum atomic E-state index is -0.899. The Kier molecular flexibility index (Phi) is 3.72. The van der Waals surface area contributed by atoms with Gasteiger partial charge in [-0.2, -0.15) is 0 Å². The maximum atomic E-state index is 13.0. The molecule has 1 heterocycles. The minimum absolute atomic E-state index is 0.225. The van der Waals surface area contributed by atoms with E-state index in [1.807, 2.05) is 11.5 Å². The summed E-state index contributed by atoms with van der Waals surface area (Å²) in [6, 6.07) is 3.63. The average Bonchev–Trinajstić information content (AvgIpc) is 2.82. The van der Waals surface area contributed by atoms with Gasteiger partial charge in [0.05, 0.1) is 24.3 Å². The third kappa shape index (κ3) is 2.56. The Hall–Kier alpha value is -1.75. The molecule has 18 heavy (non-hydrogen) atoms. The van der Waals surface area contributed by atoms with Crippen molar-refractivity contribution in [2.45, 2.75) is 26.0 Å². The quantitative estimate of drug-likeness (QED) is 0.907. The highest BCUT2D eigenvalue weighted by Crippen LogP contribution is 2.19. The molecule has 1 aromatic carbocycles. The number of halogens is 2. The van der Waals surface area contributed by atoms with Gasteiger partial charge in [0.1, 0.15) is 0 Å². The van der Waals surface area contributed by atoms with E-state index < -0.39 is 17.7 Å². The van der Waals surface area contributed by atoms with Gasteiger partial charge in [0, 0.05) is 13.0 Å². The number of benzene rings is 1. The van der Waals surface area contributed by atoms with Crippen LogP contribution in [0.2, 0.25) is 0 Å². The van der Waals surface area contributed by atoms with Crippen molar-refractivity contribution in [1.29, 1.82) is 0 Å². The average molecular weight is 252 g/mol. The van der Waals surface area contributed by atoms with Crippen molar-refractivity contribution < 1.29 is 13.9 Å². The van der Waals surface area contributed by atoms with E-state index in [1.165, 1.54) is 6.07 Å². The number of aliphatic hydroxyl groups excluding tert-OH is 1. The van der Waals surface area contributed by atoms with Gasteiger partial charge in [0.25, 0.3) is 0 Å². The summed E-state index contributed by atoms with van der Waals surface area (Å²) in [7, 11) is 0. The molecule has 0 fully saturated rings.